The van der Waals surface area contributed by atoms with Crippen LogP contribution in [0.15, 0.2) is 18.2 Å². The molecule has 0 spiro atoms. The van der Waals surface area contributed by atoms with Crippen molar-refractivity contribution in [2.75, 3.05) is 21.3 Å². The Kier molecular flexibility index (Phi) is 3.97. The second-order valence-electron chi connectivity index (χ2n) is 4.09. The zero-order chi connectivity index (χ0) is 14.7. The first kappa shape index (κ1) is 14.0. The molecule has 0 aliphatic carbocycles. The van der Waals surface area contributed by atoms with Crippen molar-refractivity contribution in [3.8, 4) is 11.5 Å². The molecule has 0 bridgehead atoms. The van der Waals surface area contributed by atoms with Crippen molar-refractivity contribution in [1.29, 1.82) is 0 Å². The average Bonchev–Trinajstić information content (AvgIpc) is 2.87. The highest BCUT2D eigenvalue weighted by atomic mass is 16.6. The summed E-state index contributed by atoms with van der Waals surface area (Å²) in [7, 11) is 4.27. The second kappa shape index (κ2) is 5.68. The minimum absolute atomic E-state index is 0.483. The SMILES string of the molecule is COC(=O)C1NC(=O)OC1c1ccc(OC)c(OC)c1. The molecule has 1 fully saturated rings. The van der Waals surface area contributed by atoms with E-state index in [0.29, 0.717) is 17.1 Å². The minimum Gasteiger partial charge on any atom is -0.493 e. The van der Waals surface area contributed by atoms with Crippen molar-refractivity contribution >= 4 is 12.1 Å². The van der Waals surface area contributed by atoms with Crippen LogP contribution in [0.5, 0.6) is 11.5 Å². The van der Waals surface area contributed by atoms with E-state index in [-0.39, 0.29) is 0 Å². The molecule has 7 nitrogen and oxygen atoms in total. The third-order valence-corrected chi connectivity index (χ3v) is 3.00. The zero-order valence-electron chi connectivity index (χ0n) is 11.3. The van der Waals surface area contributed by atoms with E-state index in [2.05, 4.69) is 10.1 Å². The Labute approximate surface area is 115 Å². The van der Waals surface area contributed by atoms with Crippen molar-refractivity contribution in [3.05, 3.63) is 23.8 Å². The number of esters is 1. The Morgan fingerprint density at radius 1 is 1.20 bits per heavy atom. The molecule has 1 saturated heterocycles. The van der Waals surface area contributed by atoms with Crippen LogP contribution in [-0.4, -0.2) is 39.4 Å². The van der Waals surface area contributed by atoms with E-state index in [1.165, 1.54) is 21.3 Å². The summed E-state index contributed by atoms with van der Waals surface area (Å²) in [6.07, 6.45) is -1.44. The van der Waals surface area contributed by atoms with Gasteiger partial charge in [0.05, 0.1) is 21.3 Å². The molecule has 2 rings (SSSR count). The monoisotopic (exact) mass is 281 g/mol. The molecule has 0 radical (unpaired) electrons. The summed E-state index contributed by atoms with van der Waals surface area (Å²) < 4.78 is 20.1. The summed E-state index contributed by atoms with van der Waals surface area (Å²) in [6.45, 7) is 0. The molecular weight excluding hydrogens is 266 g/mol. The molecule has 2 atom stereocenters. The number of carbonyl (C=O) groups is 2. The number of benzene rings is 1. The van der Waals surface area contributed by atoms with Gasteiger partial charge >= 0.3 is 12.1 Å². The first-order chi connectivity index (χ1) is 9.60. The lowest BCUT2D eigenvalue weighted by molar-refractivity contribution is -0.144. The summed E-state index contributed by atoms with van der Waals surface area (Å²) in [5.41, 5.74) is 0.608. The molecule has 1 amide bonds. The Morgan fingerprint density at radius 2 is 1.90 bits per heavy atom. The Bertz CT molecular complexity index is 530. The van der Waals surface area contributed by atoms with Gasteiger partial charge in [-0.15, -0.1) is 0 Å². The van der Waals surface area contributed by atoms with E-state index < -0.39 is 24.2 Å². The van der Waals surface area contributed by atoms with Gasteiger partial charge in [0, 0.05) is 0 Å². The van der Waals surface area contributed by atoms with Gasteiger partial charge in [-0.2, -0.15) is 0 Å². The van der Waals surface area contributed by atoms with Crippen molar-refractivity contribution in [3.63, 3.8) is 0 Å². The summed E-state index contributed by atoms with van der Waals surface area (Å²) >= 11 is 0. The topological polar surface area (TPSA) is 83.1 Å². The fourth-order valence-corrected chi connectivity index (χ4v) is 2.02. The summed E-state index contributed by atoms with van der Waals surface area (Å²) in [4.78, 5) is 23.0. The second-order valence-corrected chi connectivity index (χ2v) is 4.09. The molecule has 7 heteroatoms. The molecule has 108 valence electrons. The predicted octanol–water partition coefficient (Wildman–Crippen LogP) is 1.03. The van der Waals surface area contributed by atoms with Gasteiger partial charge in [-0.1, -0.05) is 6.07 Å². The molecule has 1 aromatic carbocycles. The first-order valence-electron chi connectivity index (χ1n) is 5.87. The largest absolute Gasteiger partial charge is 0.493 e. The van der Waals surface area contributed by atoms with E-state index >= 15 is 0 Å². The number of hydrogen-bond acceptors (Lipinski definition) is 6. The molecule has 1 aromatic rings. The normalized spacial score (nSPS) is 20.9. The first-order valence-corrected chi connectivity index (χ1v) is 5.87. The summed E-state index contributed by atoms with van der Waals surface area (Å²) in [5.74, 6) is 0.454. The molecular formula is C13H15NO6. The van der Waals surface area contributed by atoms with Gasteiger partial charge in [-0.05, 0) is 17.7 Å². The van der Waals surface area contributed by atoms with Crippen LogP contribution in [0.4, 0.5) is 4.79 Å². The Balaban J connectivity index is 2.34. The number of rotatable bonds is 4. The Hall–Kier alpha value is -2.44. The lowest BCUT2D eigenvalue weighted by Gasteiger charge is -2.16. The van der Waals surface area contributed by atoms with Gasteiger partial charge in [0.2, 0.25) is 0 Å². The lowest BCUT2D eigenvalue weighted by atomic mass is 10.0. The molecule has 1 aliphatic heterocycles. The maximum atomic E-state index is 11.6. The zero-order valence-corrected chi connectivity index (χ0v) is 11.3. The molecule has 2 unspecified atom stereocenters. The lowest BCUT2D eigenvalue weighted by Crippen LogP contribution is -2.36. The van der Waals surface area contributed by atoms with E-state index in [1.807, 2.05) is 0 Å². The fraction of sp³-hybridized carbons (Fsp3) is 0.385. The van der Waals surface area contributed by atoms with Gasteiger partial charge in [0.15, 0.2) is 23.6 Å². The van der Waals surface area contributed by atoms with Crippen LogP contribution in [0.3, 0.4) is 0 Å². The van der Waals surface area contributed by atoms with Gasteiger partial charge in [-0.25, -0.2) is 9.59 Å². The number of ether oxygens (including phenoxy) is 4. The van der Waals surface area contributed by atoms with Gasteiger partial charge in [-0.3, -0.25) is 0 Å². The molecule has 0 saturated carbocycles. The number of amides is 1. The van der Waals surface area contributed by atoms with Crippen LogP contribution >= 0.6 is 0 Å². The molecule has 20 heavy (non-hydrogen) atoms. The molecule has 1 aliphatic rings. The average molecular weight is 281 g/mol. The van der Waals surface area contributed by atoms with Crippen LogP contribution < -0.4 is 14.8 Å². The van der Waals surface area contributed by atoms with Gasteiger partial charge in [0.1, 0.15) is 0 Å². The molecule has 1 heterocycles. The minimum atomic E-state index is -0.884. The predicted molar refractivity (Wildman–Crippen MR) is 67.7 cm³/mol. The van der Waals surface area contributed by atoms with Crippen molar-refractivity contribution < 1.29 is 28.5 Å². The van der Waals surface area contributed by atoms with Gasteiger partial charge in [0.25, 0.3) is 0 Å². The number of nitrogens with one attached hydrogen (secondary N) is 1. The van der Waals surface area contributed by atoms with Crippen molar-refractivity contribution in [2.45, 2.75) is 12.1 Å². The highest BCUT2D eigenvalue weighted by molar-refractivity contribution is 5.85. The number of carbonyl (C=O) groups excluding carboxylic acids is 2. The van der Waals surface area contributed by atoms with Crippen LogP contribution in [0.1, 0.15) is 11.7 Å². The van der Waals surface area contributed by atoms with E-state index in [4.69, 9.17) is 14.2 Å². The quantitative estimate of drug-likeness (QED) is 0.830. The van der Waals surface area contributed by atoms with Crippen LogP contribution in [-0.2, 0) is 14.3 Å². The fourth-order valence-electron chi connectivity index (χ4n) is 2.02. The van der Waals surface area contributed by atoms with Crippen LogP contribution in [0.2, 0.25) is 0 Å². The third-order valence-electron chi connectivity index (χ3n) is 3.00. The van der Waals surface area contributed by atoms with Crippen LogP contribution in [0, 0.1) is 0 Å². The van der Waals surface area contributed by atoms with E-state index in [1.54, 1.807) is 18.2 Å². The highest BCUT2D eigenvalue weighted by Gasteiger charge is 2.41. The standard InChI is InChI=1S/C13H15NO6/c1-17-8-5-4-7(6-9(8)18-2)11-10(12(15)19-3)14-13(16)20-11/h4-6,10-11H,1-3H3,(H,14,16). The molecule has 0 aromatic heterocycles. The highest BCUT2D eigenvalue weighted by Crippen LogP contribution is 2.34. The maximum absolute atomic E-state index is 11.6. The van der Waals surface area contributed by atoms with Crippen LogP contribution in [0.25, 0.3) is 0 Å². The molecule has 1 N–H and O–H groups in total. The smallest absolute Gasteiger partial charge is 0.408 e. The number of hydrogen-bond donors (Lipinski definition) is 1. The summed E-state index contributed by atoms with van der Waals surface area (Å²) in [5, 5.41) is 2.41. The number of cyclic esters (lactones) is 1. The van der Waals surface area contributed by atoms with E-state index in [9.17, 15) is 9.59 Å². The van der Waals surface area contributed by atoms with Crippen molar-refractivity contribution in [2.24, 2.45) is 0 Å². The van der Waals surface area contributed by atoms with Crippen molar-refractivity contribution in [1.82, 2.24) is 5.32 Å². The van der Waals surface area contributed by atoms with E-state index in [0.717, 1.165) is 0 Å². The van der Waals surface area contributed by atoms with Gasteiger partial charge < -0.3 is 24.3 Å². The number of alkyl carbamates (subject to hydrolysis) is 1. The Morgan fingerprint density at radius 3 is 2.50 bits per heavy atom. The third kappa shape index (κ3) is 2.47. The summed E-state index contributed by atoms with van der Waals surface area (Å²) in [6, 6.07) is 4.14. The number of methoxy groups -OCH3 is 3. The maximum Gasteiger partial charge on any atom is 0.408 e.